The number of aliphatic hydroxyl groups is 1. The molecule has 1 aromatic carbocycles. The van der Waals surface area contributed by atoms with Crippen LogP contribution in [0.3, 0.4) is 0 Å². The third-order valence-electron chi connectivity index (χ3n) is 3.41. The van der Waals surface area contributed by atoms with Crippen LogP contribution in [0.5, 0.6) is 0 Å². The molecule has 1 aliphatic rings. The SMILES string of the molecule is CN(CC1(O)CCOCC1)C(=O)c1cc(Cl)cc(Cl)c1. The Labute approximate surface area is 128 Å². The average molecular weight is 318 g/mol. The van der Waals surface area contributed by atoms with Crippen molar-refractivity contribution < 1.29 is 14.6 Å². The highest BCUT2D eigenvalue weighted by atomic mass is 35.5. The lowest BCUT2D eigenvalue weighted by atomic mass is 9.94. The largest absolute Gasteiger partial charge is 0.388 e. The van der Waals surface area contributed by atoms with Gasteiger partial charge in [-0.15, -0.1) is 0 Å². The van der Waals surface area contributed by atoms with Gasteiger partial charge in [0.1, 0.15) is 0 Å². The molecule has 1 aliphatic heterocycles. The van der Waals surface area contributed by atoms with Crippen LogP contribution in [0.2, 0.25) is 10.0 Å². The molecule has 0 atom stereocenters. The van der Waals surface area contributed by atoms with Crippen molar-refractivity contribution in [3.8, 4) is 0 Å². The Hall–Kier alpha value is -0.810. The highest BCUT2D eigenvalue weighted by molar-refractivity contribution is 6.35. The van der Waals surface area contributed by atoms with Crippen LogP contribution in [0.1, 0.15) is 23.2 Å². The van der Waals surface area contributed by atoms with Gasteiger partial charge in [0.25, 0.3) is 5.91 Å². The molecule has 2 rings (SSSR count). The minimum atomic E-state index is -0.884. The summed E-state index contributed by atoms with van der Waals surface area (Å²) in [6.45, 7) is 1.29. The zero-order valence-corrected chi connectivity index (χ0v) is 12.7. The fraction of sp³-hybridized carbons (Fsp3) is 0.500. The molecule has 1 N–H and O–H groups in total. The molecule has 0 unspecified atom stereocenters. The maximum absolute atomic E-state index is 12.3. The van der Waals surface area contributed by atoms with Crippen molar-refractivity contribution in [3.63, 3.8) is 0 Å². The highest BCUT2D eigenvalue weighted by Crippen LogP contribution is 2.23. The van der Waals surface area contributed by atoms with Crippen LogP contribution in [0.15, 0.2) is 18.2 Å². The third-order valence-corrected chi connectivity index (χ3v) is 3.85. The van der Waals surface area contributed by atoms with Crippen LogP contribution in [0.25, 0.3) is 0 Å². The Kier molecular flexibility index (Phi) is 4.91. The molecule has 0 aromatic heterocycles. The number of carbonyl (C=O) groups is 1. The van der Waals surface area contributed by atoms with Crippen LogP contribution in [0.4, 0.5) is 0 Å². The van der Waals surface area contributed by atoms with Gasteiger partial charge in [0.15, 0.2) is 0 Å². The number of hydrogen-bond acceptors (Lipinski definition) is 3. The van der Waals surface area contributed by atoms with E-state index in [2.05, 4.69) is 0 Å². The summed E-state index contributed by atoms with van der Waals surface area (Å²) in [4.78, 5) is 13.8. The summed E-state index contributed by atoms with van der Waals surface area (Å²) in [5.41, 5.74) is -0.467. The summed E-state index contributed by atoms with van der Waals surface area (Å²) < 4.78 is 5.22. The van der Waals surface area contributed by atoms with Crippen molar-refractivity contribution in [1.82, 2.24) is 4.90 Å². The lowest BCUT2D eigenvalue weighted by Gasteiger charge is -2.35. The summed E-state index contributed by atoms with van der Waals surface area (Å²) in [6.07, 6.45) is 1.06. The number of nitrogens with zero attached hydrogens (tertiary/aromatic N) is 1. The second-order valence-corrected chi connectivity index (χ2v) is 6.03. The lowest BCUT2D eigenvalue weighted by molar-refractivity contribution is -0.0734. The Bertz CT molecular complexity index is 481. The highest BCUT2D eigenvalue weighted by Gasteiger charge is 2.32. The van der Waals surface area contributed by atoms with Crippen molar-refractivity contribution in [1.29, 1.82) is 0 Å². The minimum absolute atomic E-state index is 0.214. The summed E-state index contributed by atoms with van der Waals surface area (Å²) >= 11 is 11.8. The molecule has 110 valence electrons. The molecular weight excluding hydrogens is 301 g/mol. The molecule has 20 heavy (non-hydrogen) atoms. The molecule has 1 aromatic rings. The number of carbonyl (C=O) groups excluding carboxylic acids is 1. The van der Waals surface area contributed by atoms with Crippen molar-refractivity contribution in [2.45, 2.75) is 18.4 Å². The van der Waals surface area contributed by atoms with E-state index in [1.165, 1.54) is 4.90 Å². The molecular formula is C14H17Cl2NO3. The maximum atomic E-state index is 12.3. The first kappa shape index (κ1) is 15.6. The van der Waals surface area contributed by atoms with Crippen molar-refractivity contribution in [2.24, 2.45) is 0 Å². The standard InChI is InChI=1S/C14H17Cl2NO3/c1-17(9-14(19)2-4-20-5-3-14)13(18)10-6-11(15)8-12(16)7-10/h6-8,19H,2-5,9H2,1H3. The fourth-order valence-corrected chi connectivity index (χ4v) is 2.85. The van der Waals surface area contributed by atoms with Gasteiger partial charge in [-0.1, -0.05) is 23.2 Å². The quantitative estimate of drug-likeness (QED) is 0.932. The van der Waals surface area contributed by atoms with Gasteiger partial charge >= 0.3 is 0 Å². The summed E-state index contributed by atoms with van der Waals surface area (Å²) in [5.74, 6) is -0.214. The molecule has 0 aliphatic carbocycles. The van der Waals surface area contributed by atoms with Crippen LogP contribution >= 0.6 is 23.2 Å². The molecule has 1 heterocycles. The molecule has 0 bridgehead atoms. The number of amides is 1. The predicted molar refractivity (Wildman–Crippen MR) is 78.4 cm³/mol. The Morgan fingerprint density at radius 2 is 1.85 bits per heavy atom. The van der Waals surface area contributed by atoms with E-state index in [1.54, 1.807) is 25.2 Å². The second-order valence-electron chi connectivity index (χ2n) is 5.16. The molecule has 6 heteroatoms. The van der Waals surface area contributed by atoms with E-state index in [9.17, 15) is 9.90 Å². The van der Waals surface area contributed by atoms with Crippen LogP contribution in [-0.4, -0.2) is 48.3 Å². The molecule has 0 saturated carbocycles. The molecule has 0 spiro atoms. The van der Waals surface area contributed by atoms with Crippen molar-refractivity contribution >= 4 is 29.1 Å². The number of rotatable bonds is 3. The van der Waals surface area contributed by atoms with E-state index in [1.807, 2.05) is 0 Å². The van der Waals surface area contributed by atoms with Crippen LogP contribution in [-0.2, 0) is 4.74 Å². The van der Waals surface area contributed by atoms with Gasteiger partial charge < -0.3 is 14.7 Å². The van der Waals surface area contributed by atoms with Gasteiger partial charge in [-0.25, -0.2) is 0 Å². The zero-order valence-electron chi connectivity index (χ0n) is 11.2. The summed E-state index contributed by atoms with van der Waals surface area (Å²) in [6, 6.07) is 4.71. The summed E-state index contributed by atoms with van der Waals surface area (Å²) in [7, 11) is 1.66. The second kappa shape index (κ2) is 6.31. The topological polar surface area (TPSA) is 49.8 Å². The van der Waals surface area contributed by atoms with E-state index >= 15 is 0 Å². The van der Waals surface area contributed by atoms with E-state index in [0.29, 0.717) is 41.7 Å². The van der Waals surface area contributed by atoms with Crippen molar-refractivity contribution in [3.05, 3.63) is 33.8 Å². The van der Waals surface area contributed by atoms with Crippen molar-refractivity contribution in [2.75, 3.05) is 26.8 Å². The number of hydrogen-bond donors (Lipinski definition) is 1. The number of benzene rings is 1. The van der Waals surface area contributed by atoms with Gasteiger partial charge in [0.05, 0.1) is 5.60 Å². The molecule has 1 fully saturated rings. The number of ether oxygens (including phenoxy) is 1. The Balaban J connectivity index is 2.08. The Morgan fingerprint density at radius 1 is 1.30 bits per heavy atom. The first-order chi connectivity index (χ1) is 9.39. The smallest absolute Gasteiger partial charge is 0.253 e. The van der Waals surface area contributed by atoms with E-state index in [-0.39, 0.29) is 12.5 Å². The zero-order chi connectivity index (χ0) is 14.8. The van der Waals surface area contributed by atoms with Gasteiger partial charge in [-0.2, -0.15) is 0 Å². The number of likely N-dealkylation sites (N-methyl/N-ethyl adjacent to an activating group) is 1. The number of halogens is 2. The van der Waals surface area contributed by atoms with E-state index in [0.717, 1.165) is 0 Å². The van der Waals surface area contributed by atoms with Crippen LogP contribution < -0.4 is 0 Å². The fourth-order valence-electron chi connectivity index (χ4n) is 2.32. The monoisotopic (exact) mass is 317 g/mol. The van der Waals surface area contributed by atoms with E-state index in [4.69, 9.17) is 27.9 Å². The summed E-state index contributed by atoms with van der Waals surface area (Å²) in [5, 5.41) is 11.3. The minimum Gasteiger partial charge on any atom is -0.388 e. The molecule has 1 saturated heterocycles. The van der Waals surface area contributed by atoms with Gasteiger partial charge in [0, 0.05) is 55.3 Å². The molecule has 4 nitrogen and oxygen atoms in total. The van der Waals surface area contributed by atoms with Gasteiger partial charge in [-0.3, -0.25) is 4.79 Å². The third kappa shape index (κ3) is 3.85. The van der Waals surface area contributed by atoms with Gasteiger partial charge in [-0.05, 0) is 18.2 Å². The first-order valence-corrected chi connectivity index (χ1v) is 7.17. The lowest BCUT2D eigenvalue weighted by Crippen LogP contribution is -2.47. The Morgan fingerprint density at radius 3 is 2.40 bits per heavy atom. The predicted octanol–water partition coefficient (Wildman–Crippen LogP) is 2.61. The maximum Gasteiger partial charge on any atom is 0.253 e. The average Bonchev–Trinajstić information content (AvgIpc) is 2.37. The van der Waals surface area contributed by atoms with Gasteiger partial charge in [0.2, 0.25) is 0 Å². The normalized spacial score (nSPS) is 17.8. The van der Waals surface area contributed by atoms with Crippen LogP contribution in [0, 0.1) is 0 Å². The molecule has 0 radical (unpaired) electrons. The molecule has 1 amide bonds. The first-order valence-electron chi connectivity index (χ1n) is 6.41. The van der Waals surface area contributed by atoms with E-state index < -0.39 is 5.60 Å².